The van der Waals surface area contributed by atoms with Crippen LogP contribution in [0.3, 0.4) is 0 Å². The summed E-state index contributed by atoms with van der Waals surface area (Å²) in [5, 5.41) is 28.1. The Morgan fingerprint density at radius 3 is 2.93 bits per heavy atom. The van der Waals surface area contributed by atoms with Crippen molar-refractivity contribution in [1.29, 1.82) is 5.26 Å². The fourth-order valence-corrected chi connectivity index (χ4v) is 3.61. The van der Waals surface area contributed by atoms with Crippen LogP contribution in [0.4, 0.5) is 0 Å². The fraction of sp³-hybridized carbons (Fsp3) is 0.263. The lowest BCUT2D eigenvalue weighted by molar-refractivity contribution is 0.0931. The number of aliphatic hydroxyl groups excluding tert-OH is 1. The van der Waals surface area contributed by atoms with Crippen LogP contribution < -0.4 is 5.32 Å². The van der Waals surface area contributed by atoms with Crippen molar-refractivity contribution < 1.29 is 9.90 Å². The number of thiazole rings is 1. The molecule has 2 N–H and O–H groups in total. The minimum absolute atomic E-state index is 0.176. The van der Waals surface area contributed by atoms with Gasteiger partial charge in [0.25, 0.3) is 5.91 Å². The molecule has 2 aromatic heterocycles. The van der Waals surface area contributed by atoms with E-state index in [1.165, 1.54) is 11.3 Å². The SMILES string of the molecule is Cc1c(-c2ccn(C[C@H](C)NC(=O)c3csc(CO)n3)n2)ccc(C#N)c1Cl. The molecule has 0 unspecified atom stereocenters. The first-order chi connectivity index (χ1) is 13.4. The Bertz CT molecular complexity index is 1050. The van der Waals surface area contributed by atoms with Crippen molar-refractivity contribution in [3.8, 4) is 17.3 Å². The van der Waals surface area contributed by atoms with Crippen LogP contribution in [0.1, 0.15) is 33.5 Å². The maximum absolute atomic E-state index is 12.2. The lowest BCUT2D eigenvalue weighted by Gasteiger charge is -2.13. The molecule has 3 aromatic rings. The molecule has 0 radical (unpaired) electrons. The summed E-state index contributed by atoms with van der Waals surface area (Å²) in [6.07, 6.45) is 1.83. The highest BCUT2D eigenvalue weighted by molar-refractivity contribution is 7.09. The molecule has 0 saturated heterocycles. The number of hydrogen-bond donors (Lipinski definition) is 2. The third-order valence-electron chi connectivity index (χ3n) is 4.18. The monoisotopic (exact) mass is 415 g/mol. The van der Waals surface area contributed by atoms with Crippen LogP contribution in [-0.2, 0) is 13.2 Å². The summed E-state index contributed by atoms with van der Waals surface area (Å²) in [5.41, 5.74) is 3.14. The standard InChI is InChI=1S/C19H18ClN5O2S/c1-11(22-19(27)16-10-28-17(9-26)23-16)8-25-6-5-15(24-25)14-4-3-13(7-21)18(20)12(14)2/h3-6,10-11,26H,8-9H2,1-2H3,(H,22,27)/t11-/m0/s1. The second-order valence-electron chi connectivity index (χ2n) is 6.29. The third-order valence-corrected chi connectivity index (χ3v) is 5.50. The molecule has 9 heteroatoms. The van der Waals surface area contributed by atoms with Crippen molar-refractivity contribution >= 4 is 28.8 Å². The van der Waals surface area contributed by atoms with Gasteiger partial charge in [0, 0.05) is 23.2 Å². The number of carbonyl (C=O) groups is 1. The van der Waals surface area contributed by atoms with Crippen LogP contribution in [-0.4, -0.2) is 31.8 Å². The number of nitrogens with one attached hydrogen (secondary N) is 1. The Hall–Kier alpha value is -2.73. The number of amides is 1. The minimum Gasteiger partial charge on any atom is -0.389 e. The van der Waals surface area contributed by atoms with E-state index in [9.17, 15) is 4.79 Å². The predicted molar refractivity (Wildman–Crippen MR) is 107 cm³/mol. The van der Waals surface area contributed by atoms with Gasteiger partial charge >= 0.3 is 0 Å². The van der Waals surface area contributed by atoms with Crippen LogP contribution >= 0.6 is 22.9 Å². The number of aliphatic hydroxyl groups is 1. The topological polar surface area (TPSA) is 104 Å². The van der Waals surface area contributed by atoms with Crippen LogP contribution in [0.2, 0.25) is 5.02 Å². The summed E-state index contributed by atoms with van der Waals surface area (Å²) in [6.45, 7) is 4.03. The second-order valence-corrected chi connectivity index (χ2v) is 7.61. The number of carbonyl (C=O) groups excluding carboxylic acids is 1. The molecule has 1 amide bonds. The molecule has 0 saturated carbocycles. The number of hydrogen-bond acceptors (Lipinski definition) is 6. The molecule has 0 fully saturated rings. The quantitative estimate of drug-likeness (QED) is 0.643. The molecule has 1 atom stereocenters. The highest BCUT2D eigenvalue weighted by Crippen LogP contribution is 2.29. The van der Waals surface area contributed by atoms with Crippen molar-refractivity contribution in [2.45, 2.75) is 33.0 Å². The highest BCUT2D eigenvalue weighted by Gasteiger charge is 2.15. The van der Waals surface area contributed by atoms with E-state index < -0.39 is 0 Å². The van der Waals surface area contributed by atoms with E-state index in [2.05, 4.69) is 21.5 Å². The first kappa shape index (κ1) is 20.0. The van der Waals surface area contributed by atoms with Gasteiger partial charge < -0.3 is 10.4 Å². The Kier molecular flexibility index (Phi) is 6.09. The molecule has 0 spiro atoms. The van der Waals surface area contributed by atoms with Crippen molar-refractivity contribution in [1.82, 2.24) is 20.1 Å². The number of aromatic nitrogens is 3. The van der Waals surface area contributed by atoms with E-state index >= 15 is 0 Å². The average Bonchev–Trinajstić information content (AvgIpc) is 3.33. The summed E-state index contributed by atoms with van der Waals surface area (Å²) in [6, 6.07) is 7.27. The van der Waals surface area contributed by atoms with Gasteiger partial charge in [0.05, 0.1) is 29.4 Å². The van der Waals surface area contributed by atoms with Crippen LogP contribution in [0.25, 0.3) is 11.3 Å². The predicted octanol–water partition coefficient (Wildman–Crippen LogP) is 3.15. The zero-order valence-corrected chi connectivity index (χ0v) is 16.9. The number of benzene rings is 1. The van der Waals surface area contributed by atoms with E-state index in [1.807, 2.05) is 32.2 Å². The van der Waals surface area contributed by atoms with E-state index in [-0.39, 0.29) is 18.6 Å². The molecule has 7 nitrogen and oxygen atoms in total. The molecule has 0 aliphatic carbocycles. The normalized spacial score (nSPS) is 11.8. The summed E-state index contributed by atoms with van der Waals surface area (Å²) in [4.78, 5) is 16.3. The van der Waals surface area contributed by atoms with E-state index in [4.69, 9.17) is 22.0 Å². The summed E-state index contributed by atoms with van der Waals surface area (Å²) in [5.74, 6) is -0.287. The van der Waals surface area contributed by atoms with Gasteiger partial charge in [-0.3, -0.25) is 9.48 Å². The molecule has 0 bridgehead atoms. The van der Waals surface area contributed by atoms with Crippen molar-refractivity contribution in [2.75, 3.05) is 0 Å². The van der Waals surface area contributed by atoms with Crippen molar-refractivity contribution in [3.05, 3.63) is 56.6 Å². The van der Waals surface area contributed by atoms with Gasteiger partial charge in [-0.1, -0.05) is 17.7 Å². The Labute approximate surface area is 171 Å². The molecule has 28 heavy (non-hydrogen) atoms. The molecule has 1 aromatic carbocycles. The molecule has 0 aliphatic heterocycles. The van der Waals surface area contributed by atoms with Gasteiger partial charge in [-0.05, 0) is 31.5 Å². The summed E-state index contributed by atoms with van der Waals surface area (Å²) >= 11 is 7.49. The average molecular weight is 416 g/mol. The zero-order chi connectivity index (χ0) is 20.3. The van der Waals surface area contributed by atoms with Gasteiger partial charge in [-0.15, -0.1) is 11.3 Å². The summed E-state index contributed by atoms with van der Waals surface area (Å²) < 4.78 is 1.74. The molecule has 2 heterocycles. The van der Waals surface area contributed by atoms with Crippen molar-refractivity contribution in [2.24, 2.45) is 0 Å². The Morgan fingerprint density at radius 1 is 1.46 bits per heavy atom. The van der Waals surface area contributed by atoms with Gasteiger partial charge in [0.1, 0.15) is 16.8 Å². The Balaban J connectivity index is 1.68. The van der Waals surface area contributed by atoms with Gasteiger partial charge in [-0.25, -0.2) is 4.98 Å². The minimum atomic E-state index is -0.287. The summed E-state index contributed by atoms with van der Waals surface area (Å²) in [7, 11) is 0. The van der Waals surface area contributed by atoms with E-state index in [0.29, 0.717) is 27.8 Å². The lowest BCUT2D eigenvalue weighted by Crippen LogP contribution is -2.36. The zero-order valence-electron chi connectivity index (χ0n) is 15.3. The Morgan fingerprint density at radius 2 is 2.25 bits per heavy atom. The van der Waals surface area contributed by atoms with E-state index in [0.717, 1.165) is 16.8 Å². The van der Waals surface area contributed by atoms with Gasteiger partial charge in [-0.2, -0.15) is 10.4 Å². The molecule has 0 aliphatic rings. The molecular weight excluding hydrogens is 398 g/mol. The lowest BCUT2D eigenvalue weighted by atomic mass is 10.0. The smallest absolute Gasteiger partial charge is 0.271 e. The first-order valence-electron chi connectivity index (χ1n) is 8.52. The highest BCUT2D eigenvalue weighted by atomic mass is 35.5. The number of rotatable bonds is 6. The molecule has 144 valence electrons. The van der Waals surface area contributed by atoms with E-state index in [1.54, 1.807) is 16.1 Å². The van der Waals surface area contributed by atoms with Crippen LogP contribution in [0, 0.1) is 18.3 Å². The van der Waals surface area contributed by atoms with Crippen LogP contribution in [0.5, 0.6) is 0 Å². The number of nitrogens with zero attached hydrogens (tertiary/aromatic N) is 4. The number of nitriles is 1. The number of halogens is 1. The maximum atomic E-state index is 12.2. The second kappa shape index (κ2) is 8.52. The first-order valence-corrected chi connectivity index (χ1v) is 9.77. The largest absolute Gasteiger partial charge is 0.389 e. The van der Waals surface area contributed by atoms with Gasteiger partial charge in [0.2, 0.25) is 0 Å². The van der Waals surface area contributed by atoms with Gasteiger partial charge in [0.15, 0.2) is 0 Å². The van der Waals surface area contributed by atoms with Crippen LogP contribution in [0.15, 0.2) is 29.8 Å². The third kappa shape index (κ3) is 4.22. The van der Waals surface area contributed by atoms with Crippen molar-refractivity contribution in [3.63, 3.8) is 0 Å². The maximum Gasteiger partial charge on any atom is 0.271 e. The fourth-order valence-electron chi connectivity index (χ4n) is 2.77. The molecule has 3 rings (SSSR count). The molecular formula is C19H18ClN5O2S.